The minimum Gasteiger partial charge on any atom is -0.497 e. The zero-order valence-electron chi connectivity index (χ0n) is 16.0. The Bertz CT molecular complexity index is 910. The van der Waals surface area contributed by atoms with E-state index in [1.165, 1.54) is 10.6 Å². The number of piperazine rings is 1. The number of nitrogens with zero attached hydrogens (tertiary/aromatic N) is 3. The summed E-state index contributed by atoms with van der Waals surface area (Å²) in [5.74, 6) is 3.76. The van der Waals surface area contributed by atoms with E-state index in [1.807, 2.05) is 32.0 Å². The number of aromatic nitrogens is 2. The molecule has 0 saturated carbocycles. The van der Waals surface area contributed by atoms with E-state index < -0.39 is 0 Å². The Morgan fingerprint density at radius 1 is 1.11 bits per heavy atom. The summed E-state index contributed by atoms with van der Waals surface area (Å²) in [6.07, 6.45) is 0. The summed E-state index contributed by atoms with van der Waals surface area (Å²) in [6.45, 7) is 8.61. The lowest BCUT2D eigenvalue weighted by Gasteiger charge is -2.33. The van der Waals surface area contributed by atoms with Crippen LogP contribution < -0.4 is 14.5 Å². The van der Waals surface area contributed by atoms with Gasteiger partial charge in [-0.15, -0.1) is 10.2 Å². The first-order chi connectivity index (χ1) is 13.1. The smallest absolute Gasteiger partial charge is 0.271 e. The molecule has 1 N–H and O–H groups in total. The monoisotopic (exact) mass is 369 g/mol. The van der Waals surface area contributed by atoms with Crippen LogP contribution >= 0.6 is 0 Å². The summed E-state index contributed by atoms with van der Waals surface area (Å²) in [5.41, 5.74) is 2.09. The van der Waals surface area contributed by atoms with Crippen LogP contribution in [0.3, 0.4) is 0 Å². The van der Waals surface area contributed by atoms with Crippen LogP contribution in [0.2, 0.25) is 0 Å². The number of hydrogen-bond acceptors (Lipinski definition) is 6. The number of hydrogen-bond donors (Lipinski definition) is 1. The molecule has 1 aliphatic rings. The number of methoxy groups -OCH3 is 1. The molecule has 4 rings (SSSR count). The van der Waals surface area contributed by atoms with E-state index in [0.29, 0.717) is 11.8 Å². The first-order valence-corrected chi connectivity index (χ1v) is 9.25. The van der Waals surface area contributed by atoms with Gasteiger partial charge in [0, 0.05) is 11.8 Å². The third kappa shape index (κ3) is 3.83. The van der Waals surface area contributed by atoms with Gasteiger partial charge in [-0.3, -0.25) is 0 Å². The largest absolute Gasteiger partial charge is 0.497 e. The fourth-order valence-electron chi connectivity index (χ4n) is 3.56. The van der Waals surface area contributed by atoms with E-state index in [2.05, 4.69) is 27.2 Å². The topological polar surface area (TPSA) is 69.0 Å². The van der Waals surface area contributed by atoms with Crippen molar-refractivity contribution in [2.75, 3.05) is 38.2 Å². The molecule has 3 aromatic rings. The summed E-state index contributed by atoms with van der Waals surface area (Å²) >= 11 is 0. The van der Waals surface area contributed by atoms with Crippen LogP contribution in [-0.2, 0) is 6.54 Å². The fourth-order valence-corrected chi connectivity index (χ4v) is 3.56. The molecule has 1 aliphatic heterocycles. The molecule has 7 heteroatoms. The first-order valence-electron chi connectivity index (χ1n) is 9.25. The van der Waals surface area contributed by atoms with E-state index >= 15 is 0 Å². The molecule has 1 aromatic carbocycles. The fraction of sp³-hybridized carbons (Fsp3) is 0.400. The van der Waals surface area contributed by atoms with E-state index in [1.54, 1.807) is 7.11 Å². The van der Waals surface area contributed by atoms with Gasteiger partial charge in [0.1, 0.15) is 17.3 Å². The van der Waals surface area contributed by atoms with Gasteiger partial charge < -0.3 is 23.4 Å². The van der Waals surface area contributed by atoms with Crippen molar-refractivity contribution in [1.29, 1.82) is 0 Å². The summed E-state index contributed by atoms with van der Waals surface area (Å²) in [4.78, 5) is 3.84. The molecular weight excluding hydrogens is 344 g/mol. The van der Waals surface area contributed by atoms with Gasteiger partial charge >= 0.3 is 0 Å². The molecule has 1 fully saturated rings. The van der Waals surface area contributed by atoms with Gasteiger partial charge in [0.05, 0.1) is 38.9 Å². The number of anilines is 1. The van der Waals surface area contributed by atoms with E-state index in [9.17, 15) is 0 Å². The lowest BCUT2D eigenvalue weighted by atomic mass is 10.2. The van der Waals surface area contributed by atoms with Crippen molar-refractivity contribution in [2.24, 2.45) is 0 Å². The molecule has 0 aliphatic carbocycles. The normalized spacial score (nSPS) is 15.3. The molecule has 2 aromatic heterocycles. The SMILES string of the molecule is COc1cccc(N2CC[NH+](Cc3nnc(-c4cc(C)oc4C)o3)CC2)c1. The molecule has 142 valence electrons. The minimum atomic E-state index is 0.536. The Balaban J connectivity index is 1.36. The second-order valence-corrected chi connectivity index (χ2v) is 6.94. The highest BCUT2D eigenvalue weighted by molar-refractivity contribution is 5.55. The minimum absolute atomic E-state index is 0.536. The van der Waals surface area contributed by atoms with Crippen molar-refractivity contribution in [2.45, 2.75) is 20.4 Å². The Labute approximate surface area is 158 Å². The Kier molecular flexibility index (Phi) is 4.85. The second-order valence-electron chi connectivity index (χ2n) is 6.94. The van der Waals surface area contributed by atoms with Crippen molar-refractivity contribution in [3.8, 4) is 17.2 Å². The molecule has 0 amide bonds. The van der Waals surface area contributed by atoms with Gasteiger partial charge in [0.25, 0.3) is 11.8 Å². The molecule has 27 heavy (non-hydrogen) atoms. The van der Waals surface area contributed by atoms with Gasteiger partial charge in [-0.1, -0.05) is 6.07 Å². The Hall–Kier alpha value is -2.80. The summed E-state index contributed by atoms with van der Waals surface area (Å²) < 4.78 is 16.8. The number of ether oxygens (including phenoxy) is 1. The molecule has 3 heterocycles. The van der Waals surface area contributed by atoms with Crippen molar-refractivity contribution in [3.05, 3.63) is 47.7 Å². The maximum atomic E-state index is 5.88. The molecule has 0 radical (unpaired) electrons. The third-order valence-corrected chi connectivity index (χ3v) is 5.03. The molecule has 7 nitrogen and oxygen atoms in total. The lowest BCUT2D eigenvalue weighted by molar-refractivity contribution is -0.915. The van der Waals surface area contributed by atoms with Gasteiger partial charge in [-0.05, 0) is 32.0 Å². The second kappa shape index (κ2) is 7.44. The van der Waals surface area contributed by atoms with Crippen molar-refractivity contribution in [3.63, 3.8) is 0 Å². The van der Waals surface area contributed by atoms with Gasteiger partial charge in [-0.25, -0.2) is 0 Å². The average molecular weight is 369 g/mol. The number of rotatable bonds is 5. The molecular formula is C20H25N4O3+. The highest BCUT2D eigenvalue weighted by Gasteiger charge is 2.23. The molecule has 0 bridgehead atoms. The summed E-state index contributed by atoms with van der Waals surface area (Å²) in [7, 11) is 1.70. The van der Waals surface area contributed by atoms with Gasteiger partial charge in [-0.2, -0.15) is 0 Å². The number of benzene rings is 1. The Morgan fingerprint density at radius 3 is 2.63 bits per heavy atom. The Morgan fingerprint density at radius 2 is 1.93 bits per heavy atom. The first kappa shape index (κ1) is 17.6. The molecule has 1 saturated heterocycles. The summed E-state index contributed by atoms with van der Waals surface area (Å²) in [6, 6.07) is 10.2. The van der Waals surface area contributed by atoms with Crippen LogP contribution in [0.15, 0.2) is 39.2 Å². The standard InChI is InChI=1S/C20H24N4O3/c1-14-11-18(15(2)26-14)20-22-21-19(27-20)13-23-7-9-24(10-8-23)16-5-4-6-17(12-16)25-3/h4-6,11-12H,7-10,13H2,1-3H3/p+1. The predicted molar refractivity (Wildman–Crippen MR) is 101 cm³/mol. The van der Waals surface area contributed by atoms with E-state index in [4.69, 9.17) is 13.6 Å². The van der Waals surface area contributed by atoms with Gasteiger partial charge in [0.15, 0.2) is 6.54 Å². The average Bonchev–Trinajstić information content (AvgIpc) is 3.28. The van der Waals surface area contributed by atoms with Crippen molar-refractivity contribution < 1.29 is 18.5 Å². The molecule has 0 atom stereocenters. The third-order valence-electron chi connectivity index (χ3n) is 5.03. The quantitative estimate of drug-likeness (QED) is 0.740. The van der Waals surface area contributed by atoms with Crippen LogP contribution in [0.5, 0.6) is 5.75 Å². The molecule has 0 unspecified atom stereocenters. The zero-order valence-corrected chi connectivity index (χ0v) is 16.0. The van der Waals surface area contributed by atoms with Crippen molar-refractivity contribution in [1.82, 2.24) is 10.2 Å². The predicted octanol–water partition coefficient (Wildman–Crippen LogP) is 1.86. The van der Waals surface area contributed by atoms with Crippen LogP contribution in [0.4, 0.5) is 5.69 Å². The number of furan rings is 1. The lowest BCUT2D eigenvalue weighted by Crippen LogP contribution is -3.13. The number of quaternary nitrogens is 1. The maximum absolute atomic E-state index is 5.88. The van der Waals surface area contributed by atoms with Gasteiger partial charge in [0.2, 0.25) is 0 Å². The van der Waals surface area contributed by atoms with E-state index in [-0.39, 0.29) is 0 Å². The van der Waals surface area contributed by atoms with Crippen LogP contribution in [0.1, 0.15) is 17.4 Å². The highest BCUT2D eigenvalue weighted by atomic mass is 16.5. The zero-order chi connectivity index (χ0) is 18.8. The maximum Gasteiger partial charge on any atom is 0.271 e. The highest BCUT2D eigenvalue weighted by Crippen LogP contribution is 2.25. The van der Waals surface area contributed by atoms with Crippen LogP contribution in [0, 0.1) is 13.8 Å². The molecule has 0 spiro atoms. The van der Waals surface area contributed by atoms with E-state index in [0.717, 1.165) is 55.6 Å². The van der Waals surface area contributed by atoms with Crippen LogP contribution in [-0.4, -0.2) is 43.5 Å². The number of aryl methyl sites for hydroxylation is 2. The van der Waals surface area contributed by atoms with Crippen molar-refractivity contribution >= 4 is 5.69 Å². The number of nitrogens with one attached hydrogen (secondary N) is 1. The summed E-state index contributed by atoms with van der Waals surface area (Å²) in [5, 5.41) is 8.42. The van der Waals surface area contributed by atoms with Crippen LogP contribution in [0.25, 0.3) is 11.5 Å².